The molecular weight excluding hydrogens is 258 g/mol. The van der Waals surface area contributed by atoms with Crippen LogP contribution >= 0.6 is 11.8 Å². The van der Waals surface area contributed by atoms with Crippen molar-refractivity contribution in [3.8, 4) is 0 Å². The number of hydrogen-bond acceptors (Lipinski definition) is 3. The summed E-state index contributed by atoms with van der Waals surface area (Å²) in [5.74, 6) is 1.33. The minimum atomic E-state index is -0.813. The number of hydrogen-bond donors (Lipinski definition) is 2. The van der Waals surface area contributed by atoms with E-state index >= 15 is 0 Å². The minimum Gasteiger partial charge on any atom is -0.387 e. The zero-order valence-corrected chi connectivity index (χ0v) is 13.6. The van der Waals surface area contributed by atoms with Gasteiger partial charge in [0.2, 0.25) is 5.91 Å². The summed E-state index contributed by atoms with van der Waals surface area (Å²) in [4.78, 5) is 12.5. The Bertz CT molecular complexity index is 297. The number of thioether (sulfide) groups is 1. The van der Waals surface area contributed by atoms with Gasteiger partial charge in [-0.2, -0.15) is 11.8 Å². The Kier molecular flexibility index (Phi) is 6.18. The quantitative estimate of drug-likeness (QED) is 0.757. The maximum absolute atomic E-state index is 12.5. The van der Waals surface area contributed by atoms with Crippen LogP contribution in [0.2, 0.25) is 0 Å². The summed E-state index contributed by atoms with van der Waals surface area (Å²) in [7, 11) is 0. The van der Waals surface area contributed by atoms with Crippen molar-refractivity contribution in [2.24, 2.45) is 11.3 Å². The van der Waals surface area contributed by atoms with E-state index in [2.05, 4.69) is 19.2 Å². The number of nitrogens with one attached hydrogen (secondary N) is 1. The molecule has 0 aromatic heterocycles. The molecule has 0 radical (unpaired) electrons. The van der Waals surface area contributed by atoms with Gasteiger partial charge in [0.25, 0.3) is 0 Å². The highest BCUT2D eigenvalue weighted by Gasteiger charge is 2.41. The number of rotatable bonds is 7. The van der Waals surface area contributed by atoms with E-state index in [9.17, 15) is 9.90 Å². The van der Waals surface area contributed by atoms with Crippen molar-refractivity contribution in [2.45, 2.75) is 58.5 Å². The fraction of sp³-hybridized carbons (Fsp3) is 0.933. The third-order valence-electron chi connectivity index (χ3n) is 3.93. The molecule has 1 aliphatic rings. The van der Waals surface area contributed by atoms with Crippen LogP contribution in [0.15, 0.2) is 0 Å². The van der Waals surface area contributed by atoms with Crippen LogP contribution < -0.4 is 5.32 Å². The molecule has 1 saturated carbocycles. The molecule has 4 heteroatoms. The highest BCUT2D eigenvalue weighted by Crippen LogP contribution is 2.43. The lowest BCUT2D eigenvalue weighted by Crippen LogP contribution is -2.47. The number of aliphatic hydroxyl groups is 1. The van der Waals surface area contributed by atoms with E-state index in [1.807, 2.05) is 6.26 Å². The first-order valence-electron chi connectivity index (χ1n) is 7.31. The molecule has 0 saturated heterocycles. The largest absolute Gasteiger partial charge is 0.387 e. The predicted octanol–water partition coefficient (Wildman–Crippen LogP) is 2.82. The molecule has 1 rings (SSSR count). The first-order chi connectivity index (χ1) is 8.81. The Labute approximate surface area is 121 Å². The molecule has 3 nitrogen and oxygen atoms in total. The second-order valence-corrected chi connectivity index (χ2v) is 7.56. The van der Waals surface area contributed by atoms with Gasteiger partial charge < -0.3 is 10.4 Å². The number of amides is 1. The van der Waals surface area contributed by atoms with Crippen LogP contribution in [0.3, 0.4) is 0 Å². The molecule has 1 atom stereocenters. The van der Waals surface area contributed by atoms with Gasteiger partial charge in [-0.25, -0.2) is 0 Å². The Morgan fingerprint density at radius 1 is 1.42 bits per heavy atom. The lowest BCUT2D eigenvalue weighted by molar-refractivity contribution is -0.132. The maximum Gasteiger partial charge on any atom is 0.226 e. The van der Waals surface area contributed by atoms with Crippen molar-refractivity contribution in [3.05, 3.63) is 0 Å². The van der Waals surface area contributed by atoms with Crippen LogP contribution in [0.1, 0.15) is 52.9 Å². The first kappa shape index (κ1) is 16.8. The molecule has 0 bridgehead atoms. The van der Waals surface area contributed by atoms with Gasteiger partial charge in [0.15, 0.2) is 0 Å². The van der Waals surface area contributed by atoms with Crippen molar-refractivity contribution in [2.75, 3.05) is 18.6 Å². The molecule has 112 valence electrons. The van der Waals surface area contributed by atoms with Gasteiger partial charge in [0.05, 0.1) is 5.60 Å². The van der Waals surface area contributed by atoms with E-state index in [0.29, 0.717) is 18.2 Å². The average molecular weight is 287 g/mol. The highest BCUT2D eigenvalue weighted by molar-refractivity contribution is 7.98. The lowest BCUT2D eigenvalue weighted by atomic mass is 9.77. The Morgan fingerprint density at radius 2 is 2.00 bits per heavy atom. The van der Waals surface area contributed by atoms with Gasteiger partial charge in [-0.1, -0.05) is 26.7 Å². The standard InChI is InChI=1S/C15H29NO2S/c1-12(2)9-15(7-5-6-8-15)13(17)16-10-14(3,18)11-19-4/h12,18H,5-11H2,1-4H3,(H,16,17). The van der Waals surface area contributed by atoms with E-state index in [0.717, 1.165) is 32.1 Å². The van der Waals surface area contributed by atoms with Gasteiger partial charge in [0, 0.05) is 17.7 Å². The molecule has 0 aromatic rings. The van der Waals surface area contributed by atoms with Crippen molar-refractivity contribution in [3.63, 3.8) is 0 Å². The van der Waals surface area contributed by atoms with E-state index < -0.39 is 5.60 Å². The molecule has 1 unspecified atom stereocenters. The molecule has 0 spiro atoms. The summed E-state index contributed by atoms with van der Waals surface area (Å²) >= 11 is 1.60. The summed E-state index contributed by atoms with van der Waals surface area (Å²) in [6, 6.07) is 0. The van der Waals surface area contributed by atoms with Crippen LogP contribution in [0.25, 0.3) is 0 Å². The average Bonchev–Trinajstić information content (AvgIpc) is 2.74. The van der Waals surface area contributed by atoms with Gasteiger partial charge >= 0.3 is 0 Å². The second kappa shape index (κ2) is 6.98. The zero-order valence-electron chi connectivity index (χ0n) is 12.8. The molecule has 19 heavy (non-hydrogen) atoms. The molecule has 1 amide bonds. The second-order valence-electron chi connectivity index (χ2n) is 6.70. The summed E-state index contributed by atoms with van der Waals surface area (Å²) in [6.45, 7) is 6.49. The third-order valence-corrected chi connectivity index (χ3v) is 4.84. The summed E-state index contributed by atoms with van der Waals surface area (Å²) in [5.41, 5.74) is -0.990. The molecular formula is C15H29NO2S. The van der Waals surface area contributed by atoms with E-state index in [1.54, 1.807) is 18.7 Å². The SMILES string of the molecule is CSCC(C)(O)CNC(=O)C1(CC(C)C)CCCC1. The van der Waals surface area contributed by atoms with Crippen LogP contribution in [0.5, 0.6) is 0 Å². The highest BCUT2D eigenvalue weighted by atomic mass is 32.2. The van der Waals surface area contributed by atoms with Gasteiger partial charge in [0.1, 0.15) is 0 Å². The third kappa shape index (κ3) is 4.99. The maximum atomic E-state index is 12.5. The lowest BCUT2D eigenvalue weighted by Gasteiger charge is -2.31. The monoisotopic (exact) mass is 287 g/mol. The summed E-state index contributed by atoms with van der Waals surface area (Å²) < 4.78 is 0. The van der Waals surface area contributed by atoms with Gasteiger partial charge in [-0.15, -0.1) is 0 Å². The van der Waals surface area contributed by atoms with Crippen molar-refractivity contribution >= 4 is 17.7 Å². The van der Waals surface area contributed by atoms with Crippen LogP contribution in [-0.4, -0.2) is 35.2 Å². The molecule has 0 aromatic carbocycles. The van der Waals surface area contributed by atoms with E-state index in [4.69, 9.17) is 0 Å². The van der Waals surface area contributed by atoms with Crippen molar-refractivity contribution in [1.29, 1.82) is 0 Å². The van der Waals surface area contributed by atoms with Gasteiger partial charge in [-0.05, 0) is 38.4 Å². The topological polar surface area (TPSA) is 49.3 Å². The normalized spacial score (nSPS) is 21.4. The number of carbonyl (C=O) groups excluding carboxylic acids is 1. The molecule has 0 aliphatic heterocycles. The predicted molar refractivity (Wildman–Crippen MR) is 82.4 cm³/mol. The first-order valence-corrected chi connectivity index (χ1v) is 8.70. The van der Waals surface area contributed by atoms with Crippen LogP contribution in [0, 0.1) is 11.3 Å². The Morgan fingerprint density at radius 3 is 2.47 bits per heavy atom. The molecule has 1 fully saturated rings. The molecule has 1 aliphatic carbocycles. The smallest absolute Gasteiger partial charge is 0.226 e. The summed E-state index contributed by atoms with van der Waals surface area (Å²) in [5, 5.41) is 13.1. The Balaban J connectivity index is 2.58. The molecule has 2 N–H and O–H groups in total. The minimum absolute atomic E-state index is 0.153. The molecule has 0 heterocycles. The Hall–Kier alpha value is -0.220. The fourth-order valence-electron chi connectivity index (χ4n) is 3.18. The zero-order chi connectivity index (χ0) is 14.5. The number of carbonyl (C=O) groups is 1. The van der Waals surface area contributed by atoms with Crippen LogP contribution in [-0.2, 0) is 4.79 Å². The van der Waals surface area contributed by atoms with Crippen molar-refractivity contribution < 1.29 is 9.90 Å². The summed E-state index contributed by atoms with van der Waals surface area (Å²) in [6.07, 6.45) is 7.24. The van der Waals surface area contributed by atoms with Gasteiger partial charge in [-0.3, -0.25) is 4.79 Å². The van der Waals surface area contributed by atoms with Crippen molar-refractivity contribution in [1.82, 2.24) is 5.32 Å². The van der Waals surface area contributed by atoms with Crippen LogP contribution in [0.4, 0.5) is 0 Å². The van der Waals surface area contributed by atoms with E-state index in [-0.39, 0.29) is 11.3 Å². The fourth-order valence-corrected chi connectivity index (χ4v) is 3.90. The van der Waals surface area contributed by atoms with E-state index in [1.165, 1.54) is 0 Å².